The minimum Gasteiger partial charge on any atom is -0.509 e. The summed E-state index contributed by atoms with van der Waals surface area (Å²) in [5, 5.41) is 4.71. The first kappa shape index (κ1) is 55.7. The molecule has 0 N–H and O–H groups in total. The van der Waals surface area contributed by atoms with Gasteiger partial charge < -0.3 is 23.7 Å². The molecule has 0 spiro atoms. The third-order valence-electron chi connectivity index (χ3n) is 16.0. The van der Waals surface area contributed by atoms with E-state index in [9.17, 15) is 0 Å². The van der Waals surface area contributed by atoms with Crippen molar-refractivity contribution >= 4 is 66.4 Å². The molecule has 4 heterocycles. The maximum absolute atomic E-state index is 6.86. The number of nitrogens with zero attached hydrogens (tertiary/aromatic N) is 5. The van der Waals surface area contributed by atoms with Gasteiger partial charge in [0.2, 0.25) is 0 Å². The molecular formula is C72H78N5OPt-3. The second kappa shape index (κ2) is 19.3. The number of fused-ring (bicyclic) bond motifs is 7. The van der Waals surface area contributed by atoms with Crippen molar-refractivity contribution in [3.8, 4) is 23.0 Å². The van der Waals surface area contributed by atoms with Gasteiger partial charge >= 0.3 is 0 Å². The van der Waals surface area contributed by atoms with E-state index in [2.05, 4.69) is 284 Å². The zero-order chi connectivity index (χ0) is 55.8. The van der Waals surface area contributed by atoms with E-state index in [-0.39, 0.29) is 53.6 Å². The van der Waals surface area contributed by atoms with Crippen LogP contribution in [-0.2, 0) is 53.6 Å². The number of benzene rings is 7. The molecule has 0 bridgehead atoms. The topological polar surface area (TPSA) is 38.5 Å². The number of hydrogen-bond donors (Lipinski definition) is 0. The Labute approximate surface area is 485 Å². The molecule has 6 nitrogen and oxygen atoms in total. The van der Waals surface area contributed by atoms with Crippen LogP contribution >= 0.6 is 0 Å². The predicted octanol–water partition coefficient (Wildman–Crippen LogP) is 19.9. The third-order valence-corrected chi connectivity index (χ3v) is 16.0. The molecule has 0 saturated carbocycles. The molecule has 0 radical (unpaired) electrons. The van der Waals surface area contributed by atoms with Gasteiger partial charge in [-0.3, -0.25) is 0 Å². The van der Waals surface area contributed by atoms with Crippen LogP contribution in [-0.4, -0.2) is 14.1 Å². The summed E-state index contributed by atoms with van der Waals surface area (Å²) >= 11 is 0. The van der Waals surface area contributed by atoms with Crippen LogP contribution in [0.3, 0.4) is 0 Å². The maximum atomic E-state index is 6.86. The van der Waals surface area contributed by atoms with Crippen LogP contribution < -0.4 is 14.5 Å². The van der Waals surface area contributed by atoms with Crippen LogP contribution in [0.4, 0.5) is 22.7 Å². The summed E-state index contributed by atoms with van der Waals surface area (Å²) in [4.78, 5) is 9.66. The molecule has 0 saturated heterocycles. The Morgan fingerprint density at radius 2 is 0.899 bits per heavy atom. The van der Waals surface area contributed by atoms with Crippen LogP contribution in [0.1, 0.15) is 158 Å². The molecule has 3 aromatic heterocycles. The monoisotopic (exact) mass is 1220 g/mol. The van der Waals surface area contributed by atoms with Crippen molar-refractivity contribution in [3.63, 3.8) is 0 Å². The smallest absolute Gasteiger partial charge is 0.135 e. The van der Waals surface area contributed by atoms with Crippen LogP contribution in [0.5, 0.6) is 11.5 Å². The van der Waals surface area contributed by atoms with Gasteiger partial charge in [0.15, 0.2) is 0 Å². The van der Waals surface area contributed by atoms with Gasteiger partial charge in [0.1, 0.15) is 5.82 Å². The number of pyridine rings is 1. The van der Waals surface area contributed by atoms with E-state index < -0.39 is 0 Å². The van der Waals surface area contributed by atoms with Gasteiger partial charge in [-0.15, -0.1) is 48.1 Å². The minimum atomic E-state index is -0.0796. The van der Waals surface area contributed by atoms with Crippen molar-refractivity contribution in [2.75, 3.05) is 9.80 Å². The molecular weight excluding hydrogens is 1150 g/mol. The number of hydrogen-bond acceptors (Lipinski definition) is 4. The third kappa shape index (κ3) is 10.3. The van der Waals surface area contributed by atoms with Gasteiger partial charge in [-0.25, -0.2) is 4.98 Å². The predicted molar refractivity (Wildman–Crippen MR) is 331 cm³/mol. The van der Waals surface area contributed by atoms with E-state index in [0.717, 1.165) is 56.1 Å². The van der Waals surface area contributed by atoms with E-state index in [4.69, 9.17) is 9.72 Å². The van der Waals surface area contributed by atoms with Gasteiger partial charge in [-0.2, -0.15) is 12.1 Å². The van der Waals surface area contributed by atoms with Crippen LogP contribution in [0.15, 0.2) is 140 Å². The second-order valence-electron chi connectivity index (χ2n) is 28.2. The van der Waals surface area contributed by atoms with E-state index in [1.165, 1.54) is 55.2 Å². The average molecular weight is 1220 g/mol. The standard InChI is InChI=1S/C72H78N5O.Pt/c1-67(2,3)45-22-28-60-57(37-45)58-38-46(68(4,5)6)23-29-61(58)76(60)52-25-31-62-59(42-52)56-27-26-55(43-64(56)77(62)66-40-48(32-33-73-66)70(10,11)12)78-54-21-19-20-51(41-54)74-44-75(65-39-47(69(7,8)9)24-30-63(65)74)53-35-49(71(13,14)15)34-50(36-53)72(16,17)18;/h19-40,42,44H,1-18H3;/q-3;. The van der Waals surface area contributed by atoms with E-state index in [0.29, 0.717) is 11.5 Å². The zero-order valence-corrected chi connectivity index (χ0v) is 52.1. The zero-order valence-electron chi connectivity index (χ0n) is 49.8. The van der Waals surface area contributed by atoms with Gasteiger partial charge in [0.25, 0.3) is 0 Å². The summed E-state index contributed by atoms with van der Waals surface area (Å²) < 4.78 is 11.6. The number of anilines is 4. The Hall–Kier alpha value is -6.62. The quantitative estimate of drug-likeness (QED) is 0.156. The fraction of sp³-hybridized carbons (Fsp3) is 0.333. The molecule has 1 aliphatic heterocycles. The number of aromatic nitrogens is 3. The largest absolute Gasteiger partial charge is 0.509 e. The molecule has 0 aliphatic carbocycles. The summed E-state index contributed by atoms with van der Waals surface area (Å²) in [5.41, 5.74) is 17.3. The van der Waals surface area contributed by atoms with Crippen molar-refractivity contribution in [2.45, 2.75) is 157 Å². The normalized spacial score (nSPS) is 13.7. The Morgan fingerprint density at radius 3 is 1.48 bits per heavy atom. The molecule has 10 aromatic rings. The maximum Gasteiger partial charge on any atom is 0.135 e. The van der Waals surface area contributed by atoms with Crippen LogP contribution in [0, 0.1) is 18.8 Å². The van der Waals surface area contributed by atoms with Crippen LogP contribution in [0.2, 0.25) is 0 Å². The molecule has 1 aliphatic rings. The fourth-order valence-electron chi connectivity index (χ4n) is 11.0. The first-order valence-corrected chi connectivity index (χ1v) is 27.9. The molecule has 0 unspecified atom stereocenters. The molecule has 0 atom stereocenters. The summed E-state index contributed by atoms with van der Waals surface area (Å²) in [5.74, 6) is 2.03. The molecule has 11 rings (SSSR count). The molecule has 410 valence electrons. The Morgan fingerprint density at radius 1 is 0.392 bits per heavy atom. The van der Waals surface area contributed by atoms with Gasteiger partial charge in [0.05, 0.1) is 11.0 Å². The summed E-state index contributed by atoms with van der Waals surface area (Å²) in [7, 11) is 0. The first-order chi connectivity index (χ1) is 36.4. The first-order valence-electron chi connectivity index (χ1n) is 27.9. The van der Waals surface area contributed by atoms with E-state index >= 15 is 0 Å². The summed E-state index contributed by atoms with van der Waals surface area (Å²) in [6.07, 6.45) is 1.93. The van der Waals surface area contributed by atoms with Crippen molar-refractivity contribution in [1.29, 1.82) is 0 Å². The molecule has 79 heavy (non-hydrogen) atoms. The van der Waals surface area contributed by atoms with E-state index in [1.54, 1.807) is 0 Å². The number of rotatable bonds is 6. The second-order valence-corrected chi connectivity index (χ2v) is 28.2. The average Bonchev–Trinajstić information content (AvgIpc) is 4.13. The fourth-order valence-corrected chi connectivity index (χ4v) is 11.0. The summed E-state index contributed by atoms with van der Waals surface area (Å²) in [6.45, 7) is 43.4. The summed E-state index contributed by atoms with van der Waals surface area (Å²) in [6, 6.07) is 57.1. The Kier molecular flexibility index (Phi) is 13.6. The Balaban J connectivity index is 0.00000704. The molecule has 0 amide bonds. The van der Waals surface area contributed by atoms with Crippen molar-refractivity contribution in [2.24, 2.45) is 0 Å². The van der Waals surface area contributed by atoms with Gasteiger partial charge in [-0.05, 0) is 150 Å². The van der Waals surface area contributed by atoms with Crippen LogP contribution in [0.25, 0.3) is 55.1 Å². The SMILES string of the molecule is CC(C)(C)c1cc(N2[CH-]N(c3[c-]c(Oc4[c-]c5c(cc4)c4cc(-n6c7ccc(C(C)(C)C)cc7c7cc(C(C)(C)C)ccc76)ccc4n5-c4cc(C(C)(C)C)ccn4)ccc3)c3ccc(C(C)(C)C)cc32)cc(C(C)(C)C)c1.[Pt]. The van der Waals surface area contributed by atoms with Crippen molar-refractivity contribution in [3.05, 3.63) is 192 Å². The van der Waals surface area contributed by atoms with Gasteiger partial charge in [0, 0.05) is 77.8 Å². The Bertz CT molecular complexity index is 3890. The molecule has 0 fully saturated rings. The molecule has 7 heteroatoms. The van der Waals surface area contributed by atoms with Crippen molar-refractivity contribution < 1.29 is 25.8 Å². The number of ether oxygens (including phenoxy) is 1. The minimum absolute atomic E-state index is 0. The van der Waals surface area contributed by atoms with Crippen molar-refractivity contribution in [1.82, 2.24) is 14.1 Å². The van der Waals surface area contributed by atoms with E-state index in [1.807, 2.05) is 18.3 Å². The molecule has 7 aromatic carbocycles. The van der Waals surface area contributed by atoms with Gasteiger partial charge in [-0.1, -0.05) is 154 Å².